The second-order valence-corrected chi connectivity index (χ2v) is 5.44. The van der Waals surface area contributed by atoms with Crippen LogP contribution < -0.4 is 0 Å². The van der Waals surface area contributed by atoms with Gasteiger partial charge in [-0.3, -0.25) is 9.88 Å². The summed E-state index contributed by atoms with van der Waals surface area (Å²) in [5, 5.41) is 4.38. The second kappa shape index (κ2) is 6.66. The largest absolute Gasteiger partial charge is 0.292 e. The van der Waals surface area contributed by atoms with Crippen molar-refractivity contribution in [3.05, 3.63) is 52.5 Å². The van der Waals surface area contributed by atoms with Crippen LogP contribution in [0.2, 0.25) is 0 Å². The van der Waals surface area contributed by atoms with Crippen molar-refractivity contribution in [3.8, 4) is 0 Å². The highest BCUT2D eigenvalue weighted by Crippen LogP contribution is 2.16. The van der Waals surface area contributed by atoms with E-state index in [4.69, 9.17) is 0 Å². The first kappa shape index (κ1) is 13.2. The molecule has 0 spiro atoms. The predicted molar refractivity (Wildman–Crippen MR) is 77.6 cm³/mol. The lowest BCUT2D eigenvalue weighted by atomic mass is 10.1. The maximum absolute atomic E-state index is 4.20. The van der Waals surface area contributed by atoms with Crippen molar-refractivity contribution in [1.82, 2.24) is 9.88 Å². The number of hydrogen-bond donors (Lipinski definition) is 0. The molecule has 0 unspecified atom stereocenters. The molecule has 2 heterocycles. The summed E-state index contributed by atoms with van der Waals surface area (Å²) >= 11 is 1.77. The molecule has 0 aliphatic rings. The number of aromatic nitrogens is 1. The minimum Gasteiger partial charge on any atom is -0.292 e. The Morgan fingerprint density at radius 2 is 2.11 bits per heavy atom. The Labute approximate surface area is 113 Å². The fourth-order valence-corrected chi connectivity index (χ4v) is 2.63. The molecule has 3 heteroatoms. The van der Waals surface area contributed by atoms with E-state index in [9.17, 15) is 0 Å². The molecule has 0 fully saturated rings. The van der Waals surface area contributed by atoms with Gasteiger partial charge in [-0.2, -0.15) is 11.3 Å². The van der Waals surface area contributed by atoms with Crippen molar-refractivity contribution in [3.63, 3.8) is 0 Å². The SMILES string of the molecule is CC[C@@H](C)N(Cc1cccnc1)Cc1ccsc1. The molecule has 0 radical (unpaired) electrons. The highest BCUT2D eigenvalue weighted by molar-refractivity contribution is 7.07. The van der Waals surface area contributed by atoms with Gasteiger partial charge < -0.3 is 0 Å². The van der Waals surface area contributed by atoms with Crippen LogP contribution in [0.15, 0.2) is 41.4 Å². The van der Waals surface area contributed by atoms with Crippen molar-refractivity contribution in [2.24, 2.45) is 0 Å². The number of rotatable bonds is 6. The van der Waals surface area contributed by atoms with Crippen LogP contribution in [0.25, 0.3) is 0 Å². The van der Waals surface area contributed by atoms with Gasteiger partial charge in [-0.05, 0) is 47.4 Å². The van der Waals surface area contributed by atoms with E-state index < -0.39 is 0 Å². The molecule has 96 valence electrons. The number of thiophene rings is 1. The molecule has 0 amide bonds. The van der Waals surface area contributed by atoms with Crippen LogP contribution >= 0.6 is 11.3 Å². The fraction of sp³-hybridized carbons (Fsp3) is 0.400. The lowest BCUT2D eigenvalue weighted by Crippen LogP contribution is -2.31. The molecule has 0 N–H and O–H groups in total. The molecule has 2 rings (SSSR count). The number of nitrogens with zero attached hydrogens (tertiary/aromatic N) is 2. The van der Waals surface area contributed by atoms with Gasteiger partial charge in [0.1, 0.15) is 0 Å². The fourth-order valence-electron chi connectivity index (χ4n) is 1.97. The standard InChI is InChI=1S/C15H20N2S/c1-3-13(2)17(11-15-6-8-18-12-15)10-14-5-4-7-16-9-14/h4-9,12-13H,3,10-11H2,1-2H3/t13-/m1/s1. The summed E-state index contributed by atoms with van der Waals surface area (Å²) in [6.07, 6.45) is 4.96. The Morgan fingerprint density at radius 1 is 1.28 bits per heavy atom. The molecule has 0 aromatic carbocycles. The maximum Gasteiger partial charge on any atom is 0.0312 e. The lowest BCUT2D eigenvalue weighted by Gasteiger charge is -2.28. The minimum absolute atomic E-state index is 0.588. The summed E-state index contributed by atoms with van der Waals surface area (Å²) in [5.74, 6) is 0. The number of hydrogen-bond acceptors (Lipinski definition) is 3. The van der Waals surface area contributed by atoms with Crippen molar-refractivity contribution in [2.75, 3.05) is 0 Å². The van der Waals surface area contributed by atoms with Gasteiger partial charge in [0.25, 0.3) is 0 Å². The molecule has 18 heavy (non-hydrogen) atoms. The van der Waals surface area contributed by atoms with Gasteiger partial charge in [0.05, 0.1) is 0 Å². The summed E-state index contributed by atoms with van der Waals surface area (Å²) in [4.78, 5) is 6.71. The molecule has 2 nitrogen and oxygen atoms in total. The first-order valence-corrected chi connectivity index (χ1v) is 7.38. The molecule has 0 bridgehead atoms. The third-order valence-corrected chi connectivity index (χ3v) is 4.02. The zero-order chi connectivity index (χ0) is 12.8. The molecule has 0 saturated carbocycles. The molecule has 2 aromatic heterocycles. The molecule has 2 aromatic rings. The van der Waals surface area contributed by atoms with Crippen LogP contribution in [0, 0.1) is 0 Å². The Balaban J connectivity index is 2.06. The van der Waals surface area contributed by atoms with E-state index in [2.05, 4.69) is 46.6 Å². The van der Waals surface area contributed by atoms with Gasteiger partial charge in [0.15, 0.2) is 0 Å². The van der Waals surface area contributed by atoms with Crippen LogP contribution in [0.3, 0.4) is 0 Å². The highest BCUT2D eigenvalue weighted by atomic mass is 32.1. The summed E-state index contributed by atoms with van der Waals surface area (Å²) in [6, 6.07) is 6.96. The van der Waals surface area contributed by atoms with Gasteiger partial charge >= 0.3 is 0 Å². The molecule has 0 saturated heterocycles. The minimum atomic E-state index is 0.588. The van der Waals surface area contributed by atoms with Crippen molar-refractivity contribution in [2.45, 2.75) is 39.4 Å². The molecule has 0 aliphatic carbocycles. The van der Waals surface area contributed by atoms with Crippen molar-refractivity contribution < 1.29 is 0 Å². The summed E-state index contributed by atoms with van der Waals surface area (Å²) in [7, 11) is 0. The summed E-state index contributed by atoms with van der Waals surface area (Å²) in [6.45, 7) is 6.53. The van der Waals surface area contributed by atoms with Crippen LogP contribution in [0.5, 0.6) is 0 Å². The third-order valence-electron chi connectivity index (χ3n) is 3.29. The van der Waals surface area contributed by atoms with Crippen LogP contribution in [0.1, 0.15) is 31.4 Å². The maximum atomic E-state index is 4.20. The van der Waals surface area contributed by atoms with E-state index in [-0.39, 0.29) is 0 Å². The number of pyridine rings is 1. The average molecular weight is 260 g/mol. The Morgan fingerprint density at radius 3 is 2.72 bits per heavy atom. The van der Waals surface area contributed by atoms with Crippen molar-refractivity contribution in [1.29, 1.82) is 0 Å². The Hall–Kier alpha value is -1.19. The second-order valence-electron chi connectivity index (χ2n) is 4.66. The molecular weight excluding hydrogens is 240 g/mol. The van der Waals surface area contributed by atoms with Gasteiger partial charge in [-0.1, -0.05) is 13.0 Å². The summed E-state index contributed by atoms with van der Waals surface area (Å²) in [5.41, 5.74) is 2.69. The van der Waals surface area contributed by atoms with Crippen molar-refractivity contribution >= 4 is 11.3 Å². The predicted octanol–water partition coefficient (Wildman–Crippen LogP) is 3.94. The normalized spacial score (nSPS) is 12.8. The van der Waals surface area contributed by atoms with Crippen LogP contribution in [0.4, 0.5) is 0 Å². The average Bonchev–Trinajstić information content (AvgIpc) is 2.91. The topological polar surface area (TPSA) is 16.1 Å². The zero-order valence-corrected chi connectivity index (χ0v) is 11.9. The lowest BCUT2D eigenvalue weighted by molar-refractivity contribution is 0.186. The first-order chi connectivity index (χ1) is 8.79. The van der Waals surface area contributed by atoms with E-state index in [1.807, 2.05) is 18.5 Å². The van der Waals surface area contributed by atoms with Gasteiger partial charge in [-0.25, -0.2) is 0 Å². The van der Waals surface area contributed by atoms with E-state index in [1.165, 1.54) is 17.5 Å². The Bertz CT molecular complexity index is 439. The van der Waals surface area contributed by atoms with E-state index >= 15 is 0 Å². The molecular formula is C15H20N2S. The van der Waals surface area contributed by atoms with Crippen LogP contribution in [-0.4, -0.2) is 15.9 Å². The summed E-state index contributed by atoms with van der Waals surface area (Å²) < 4.78 is 0. The van der Waals surface area contributed by atoms with Gasteiger partial charge in [0, 0.05) is 31.5 Å². The van der Waals surface area contributed by atoms with E-state index in [0.29, 0.717) is 6.04 Å². The Kier molecular flexibility index (Phi) is 4.90. The van der Waals surface area contributed by atoms with Crippen LogP contribution in [-0.2, 0) is 13.1 Å². The molecule has 0 aliphatic heterocycles. The third kappa shape index (κ3) is 3.65. The van der Waals surface area contributed by atoms with E-state index in [1.54, 1.807) is 11.3 Å². The van der Waals surface area contributed by atoms with Gasteiger partial charge in [0.2, 0.25) is 0 Å². The first-order valence-electron chi connectivity index (χ1n) is 6.43. The van der Waals surface area contributed by atoms with E-state index in [0.717, 1.165) is 13.1 Å². The molecule has 1 atom stereocenters. The quantitative estimate of drug-likeness (QED) is 0.782. The highest BCUT2D eigenvalue weighted by Gasteiger charge is 2.13. The van der Waals surface area contributed by atoms with Gasteiger partial charge in [-0.15, -0.1) is 0 Å². The zero-order valence-electron chi connectivity index (χ0n) is 11.0. The smallest absolute Gasteiger partial charge is 0.0312 e. The monoisotopic (exact) mass is 260 g/mol.